The fourth-order valence-electron chi connectivity index (χ4n) is 0. The van der Waals surface area contributed by atoms with Gasteiger partial charge >= 0.3 is 0 Å². The lowest BCUT2D eigenvalue weighted by Gasteiger charge is -1.63. The average molecular weight is 189 g/mol. The van der Waals surface area contributed by atoms with E-state index >= 15 is 0 Å². The zero-order valence-electron chi connectivity index (χ0n) is 2.67. The molecule has 0 bridgehead atoms. The molecule has 3 nitrogen and oxygen atoms in total. The van der Waals surface area contributed by atoms with Crippen molar-refractivity contribution in [3.05, 3.63) is 4.91 Å². The number of rotatable bonds is 1. The fraction of sp³-hybridized carbons (Fsp3) is 1.00. The van der Waals surface area contributed by atoms with Crippen molar-refractivity contribution in [3.8, 4) is 0 Å². The minimum Gasteiger partial charge on any atom is -0.367 e. The van der Waals surface area contributed by atoms with Gasteiger partial charge in [-0.2, -0.15) is 0 Å². The van der Waals surface area contributed by atoms with E-state index in [1.54, 1.807) is 0 Å². The van der Waals surface area contributed by atoms with Crippen molar-refractivity contribution >= 4 is 24.0 Å². The standard InChI is InChI=1S/CH3NO2.HI/c1-4-2-3;/h1H3;1H. The monoisotopic (exact) mass is 189 g/mol. The summed E-state index contributed by atoms with van der Waals surface area (Å²) in [7, 11) is 1.20. The molecule has 0 atom stereocenters. The van der Waals surface area contributed by atoms with Crippen molar-refractivity contribution in [1.29, 1.82) is 0 Å². The molecule has 0 radical (unpaired) electrons. The molecule has 4 heteroatoms. The van der Waals surface area contributed by atoms with Gasteiger partial charge in [0.2, 0.25) is 0 Å². The predicted octanol–water partition coefficient (Wildman–Crippen LogP) is 0.932. The number of nitrogens with zero attached hydrogens (tertiary/aromatic N) is 1. The van der Waals surface area contributed by atoms with E-state index in [9.17, 15) is 0 Å². The maximum Gasteiger partial charge on any atom is 0.154 e. The van der Waals surface area contributed by atoms with Gasteiger partial charge < -0.3 is 4.84 Å². The Morgan fingerprint density at radius 2 is 2.00 bits per heavy atom. The molecular formula is CH4INO2. The van der Waals surface area contributed by atoms with Gasteiger partial charge in [0, 0.05) is 0 Å². The summed E-state index contributed by atoms with van der Waals surface area (Å²) in [5.41, 5.74) is 0. The van der Waals surface area contributed by atoms with E-state index in [4.69, 9.17) is 4.91 Å². The Morgan fingerprint density at radius 3 is 2.00 bits per heavy atom. The third-order valence-corrected chi connectivity index (χ3v) is 0.0745. The highest BCUT2D eigenvalue weighted by Gasteiger charge is 1.44. The first-order chi connectivity index (χ1) is 1.91. The molecule has 0 aliphatic rings. The van der Waals surface area contributed by atoms with Gasteiger partial charge in [0.05, 0.1) is 0 Å². The lowest BCUT2D eigenvalue weighted by molar-refractivity contribution is 0.208. The Bertz CT molecular complexity index is 23.6. The van der Waals surface area contributed by atoms with Gasteiger partial charge in [-0.05, 0) is 0 Å². The highest BCUT2D eigenvalue weighted by atomic mass is 127. The molecule has 32 valence electrons. The largest absolute Gasteiger partial charge is 0.367 e. The van der Waals surface area contributed by atoms with Gasteiger partial charge in [0.1, 0.15) is 7.11 Å². The van der Waals surface area contributed by atoms with Gasteiger partial charge in [-0.1, -0.05) is 0 Å². The predicted molar refractivity (Wildman–Crippen MR) is 28.2 cm³/mol. The first-order valence-electron chi connectivity index (χ1n) is 0.773. The van der Waals surface area contributed by atoms with Gasteiger partial charge in [-0.15, -0.1) is 28.9 Å². The van der Waals surface area contributed by atoms with Gasteiger partial charge in [-0.25, -0.2) is 0 Å². The molecule has 0 N–H and O–H groups in total. The lowest BCUT2D eigenvalue weighted by atomic mass is 11.7. The van der Waals surface area contributed by atoms with Crippen molar-refractivity contribution in [2.24, 2.45) is 5.34 Å². The minimum absolute atomic E-state index is 0. The molecule has 0 aliphatic heterocycles. The van der Waals surface area contributed by atoms with E-state index < -0.39 is 0 Å². The van der Waals surface area contributed by atoms with Crippen LogP contribution in [0, 0.1) is 4.91 Å². The molecule has 0 aromatic rings. The summed E-state index contributed by atoms with van der Waals surface area (Å²) in [5.74, 6) is 0. The van der Waals surface area contributed by atoms with Crippen molar-refractivity contribution < 1.29 is 4.84 Å². The van der Waals surface area contributed by atoms with Crippen LogP contribution in [0.4, 0.5) is 0 Å². The molecule has 0 saturated carbocycles. The quantitative estimate of drug-likeness (QED) is 0.349. The van der Waals surface area contributed by atoms with Crippen LogP contribution in [-0.2, 0) is 4.84 Å². The maximum atomic E-state index is 8.70. The van der Waals surface area contributed by atoms with E-state index in [0.717, 1.165) is 0 Å². The third-order valence-electron chi connectivity index (χ3n) is 0.0745. The average Bonchev–Trinajstić information content (AvgIpc) is 1.37. The van der Waals surface area contributed by atoms with E-state index in [1.165, 1.54) is 7.11 Å². The number of hydrogen-bond acceptors (Lipinski definition) is 3. The summed E-state index contributed by atoms with van der Waals surface area (Å²) in [6.45, 7) is 0. The van der Waals surface area contributed by atoms with Crippen molar-refractivity contribution in [2.45, 2.75) is 0 Å². The lowest BCUT2D eigenvalue weighted by Crippen LogP contribution is -1.53. The molecule has 0 heterocycles. The van der Waals surface area contributed by atoms with Crippen LogP contribution in [0.1, 0.15) is 0 Å². The summed E-state index contributed by atoms with van der Waals surface area (Å²) in [6, 6.07) is 0. The Labute approximate surface area is 46.6 Å². The minimum atomic E-state index is 0. The van der Waals surface area contributed by atoms with Crippen molar-refractivity contribution in [2.75, 3.05) is 7.11 Å². The van der Waals surface area contributed by atoms with Crippen molar-refractivity contribution in [3.63, 3.8) is 0 Å². The van der Waals surface area contributed by atoms with Crippen LogP contribution in [-0.4, -0.2) is 7.11 Å². The van der Waals surface area contributed by atoms with E-state index in [1.807, 2.05) is 5.34 Å². The Balaban J connectivity index is 0. The summed E-state index contributed by atoms with van der Waals surface area (Å²) in [6.07, 6.45) is 0. The zero-order chi connectivity index (χ0) is 3.41. The smallest absolute Gasteiger partial charge is 0.154 e. The second-order valence-corrected chi connectivity index (χ2v) is 0.257. The number of halogens is 1. The SMILES string of the molecule is CON=O.I. The van der Waals surface area contributed by atoms with Crippen LogP contribution >= 0.6 is 24.0 Å². The summed E-state index contributed by atoms with van der Waals surface area (Å²) >= 11 is 0. The second-order valence-electron chi connectivity index (χ2n) is 0.257. The van der Waals surface area contributed by atoms with Crippen LogP contribution < -0.4 is 0 Å². The topological polar surface area (TPSA) is 38.7 Å². The highest BCUT2D eigenvalue weighted by molar-refractivity contribution is 14.0. The number of hydrogen-bond donors (Lipinski definition) is 0. The second kappa shape index (κ2) is 8.92. The van der Waals surface area contributed by atoms with Crippen LogP contribution in [0.25, 0.3) is 0 Å². The third kappa shape index (κ3) is 14.7. The molecule has 0 amide bonds. The fourth-order valence-corrected chi connectivity index (χ4v) is 0. The molecule has 0 rings (SSSR count). The summed E-state index contributed by atoms with van der Waals surface area (Å²) in [5, 5.41) is 1.99. The molecule has 0 spiro atoms. The van der Waals surface area contributed by atoms with Crippen LogP contribution in [0.3, 0.4) is 0 Å². The van der Waals surface area contributed by atoms with Crippen LogP contribution in [0.5, 0.6) is 0 Å². The van der Waals surface area contributed by atoms with E-state index in [-0.39, 0.29) is 24.0 Å². The Kier molecular flexibility index (Phi) is 15.9. The van der Waals surface area contributed by atoms with E-state index in [2.05, 4.69) is 4.84 Å². The molecule has 0 aromatic carbocycles. The molecule has 0 aromatic heterocycles. The van der Waals surface area contributed by atoms with Gasteiger partial charge in [0.15, 0.2) is 5.34 Å². The molecule has 0 unspecified atom stereocenters. The zero-order valence-corrected chi connectivity index (χ0v) is 5.00. The molecule has 0 fully saturated rings. The Morgan fingerprint density at radius 1 is 1.80 bits per heavy atom. The summed E-state index contributed by atoms with van der Waals surface area (Å²) < 4.78 is 0. The van der Waals surface area contributed by atoms with E-state index in [0.29, 0.717) is 0 Å². The molecule has 0 saturated heterocycles. The maximum absolute atomic E-state index is 8.70. The van der Waals surface area contributed by atoms with Gasteiger partial charge in [0.25, 0.3) is 0 Å². The molecular weight excluding hydrogens is 185 g/mol. The first kappa shape index (κ1) is 8.93. The first-order valence-corrected chi connectivity index (χ1v) is 0.773. The van der Waals surface area contributed by atoms with Crippen LogP contribution in [0.2, 0.25) is 0 Å². The summed E-state index contributed by atoms with van der Waals surface area (Å²) in [4.78, 5) is 12.3. The van der Waals surface area contributed by atoms with Crippen LogP contribution in [0.15, 0.2) is 5.34 Å². The molecule has 5 heavy (non-hydrogen) atoms. The normalized spacial score (nSPS) is 4.20. The Hall–Kier alpha value is 0.130. The van der Waals surface area contributed by atoms with Gasteiger partial charge in [-0.3, -0.25) is 0 Å². The highest BCUT2D eigenvalue weighted by Crippen LogP contribution is 1.52. The van der Waals surface area contributed by atoms with Crippen molar-refractivity contribution in [1.82, 2.24) is 0 Å². The molecule has 0 aliphatic carbocycles.